The predicted molar refractivity (Wildman–Crippen MR) is 172 cm³/mol. The second-order valence-corrected chi connectivity index (χ2v) is 12.4. The molecular weight excluding hydrogens is 592 g/mol. The van der Waals surface area contributed by atoms with Crippen molar-refractivity contribution in [3.05, 3.63) is 78.1 Å². The largest absolute Gasteiger partial charge is 0.497 e. The lowest BCUT2D eigenvalue weighted by atomic mass is 10.0. The Morgan fingerprint density at radius 2 is 1.61 bits per heavy atom. The maximum atomic E-state index is 13.5. The van der Waals surface area contributed by atoms with Crippen LogP contribution in [0.2, 0.25) is 0 Å². The zero-order chi connectivity index (χ0) is 34.1. The SMILES string of the molecule is COc1ccc(C(C(=O)N(C)C)n2cc(NC(=O)[C@@H](COCc3ccccc3)NC(=O)C(C)(C)NC(=O)OC(C)(C)C)cn2)cc1. The number of benzene rings is 2. The van der Waals surface area contributed by atoms with E-state index in [0.29, 0.717) is 17.0 Å². The lowest BCUT2D eigenvalue weighted by Crippen LogP contribution is -2.59. The molecular formula is C33H44N6O7. The minimum Gasteiger partial charge on any atom is -0.497 e. The van der Waals surface area contributed by atoms with Gasteiger partial charge in [-0.15, -0.1) is 0 Å². The number of hydrogen-bond donors (Lipinski definition) is 3. The molecule has 0 radical (unpaired) electrons. The van der Waals surface area contributed by atoms with Crippen LogP contribution in [0, 0.1) is 0 Å². The number of nitrogens with one attached hydrogen (secondary N) is 3. The van der Waals surface area contributed by atoms with Crippen molar-refractivity contribution in [2.24, 2.45) is 0 Å². The van der Waals surface area contributed by atoms with Gasteiger partial charge in [0.05, 0.1) is 32.2 Å². The van der Waals surface area contributed by atoms with Gasteiger partial charge in [0.25, 0.3) is 5.91 Å². The van der Waals surface area contributed by atoms with Gasteiger partial charge >= 0.3 is 6.09 Å². The molecule has 1 unspecified atom stereocenters. The highest BCUT2D eigenvalue weighted by Gasteiger charge is 2.35. The van der Waals surface area contributed by atoms with Crippen molar-refractivity contribution in [1.82, 2.24) is 25.3 Å². The van der Waals surface area contributed by atoms with Crippen molar-refractivity contribution >= 4 is 29.5 Å². The quantitative estimate of drug-likeness (QED) is 0.258. The highest BCUT2D eigenvalue weighted by atomic mass is 16.6. The Hall–Kier alpha value is -4.91. The number of rotatable bonds is 13. The molecule has 0 aliphatic heterocycles. The fourth-order valence-corrected chi connectivity index (χ4v) is 4.22. The molecule has 0 fully saturated rings. The number of nitrogens with zero attached hydrogens (tertiary/aromatic N) is 3. The number of alkyl carbamates (subject to hydrolysis) is 1. The van der Waals surface area contributed by atoms with Crippen LogP contribution in [0.4, 0.5) is 10.5 Å². The second kappa shape index (κ2) is 15.4. The fraction of sp³-hybridized carbons (Fsp3) is 0.424. The third-order valence-electron chi connectivity index (χ3n) is 6.64. The molecule has 3 aromatic rings. The summed E-state index contributed by atoms with van der Waals surface area (Å²) in [6.45, 7) is 8.16. The van der Waals surface area contributed by atoms with E-state index in [-0.39, 0.29) is 19.1 Å². The van der Waals surface area contributed by atoms with E-state index < -0.39 is 41.1 Å². The molecule has 2 aromatic carbocycles. The average Bonchev–Trinajstić information content (AvgIpc) is 3.43. The standard InChI is InChI=1S/C33H44N6O7/c1-32(2,3)46-31(43)37-33(4,5)30(42)36-26(21-45-20-22-12-10-9-11-13-22)28(40)35-24-18-34-39(19-24)27(29(41)38(6)7)23-14-16-25(44-8)17-15-23/h9-19,26-27H,20-21H2,1-8H3,(H,35,40)(H,36,42)(H,37,43)/t26-,27?/m1/s1. The normalized spacial score (nSPS) is 12.8. The molecule has 13 heteroatoms. The molecule has 0 saturated heterocycles. The molecule has 0 spiro atoms. The van der Waals surface area contributed by atoms with Gasteiger partial charge in [0, 0.05) is 20.3 Å². The van der Waals surface area contributed by atoms with E-state index in [2.05, 4.69) is 21.0 Å². The van der Waals surface area contributed by atoms with E-state index in [4.69, 9.17) is 14.2 Å². The molecule has 1 heterocycles. The molecule has 3 rings (SSSR count). The maximum absolute atomic E-state index is 13.5. The molecule has 3 N–H and O–H groups in total. The number of amides is 4. The van der Waals surface area contributed by atoms with E-state index in [1.54, 1.807) is 66.2 Å². The van der Waals surface area contributed by atoms with Gasteiger partial charge in [-0.25, -0.2) is 4.79 Å². The summed E-state index contributed by atoms with van der Waals surface area (Å²) in [5.41, 5.74) is -0.346. The van der Waals surface area contributed by atoms with Gasteiger partial charge in [-0.2, -0.15) is 5.10 Å². The molecule has 4 amide bonds. The van der Waals surface area contributed by atoms with Crippen molar-refractivity contribution in [3.8, 4) is 5.75 Å². The highest BCUT2D eigenvalue weighted by molar-refractivity contribution is 5.99. The predicted octanol–water partition coefficient (Wildman–Crippen LogP) is 3.51. The lowest BCUT2D eigenvalue weighted by Gasteiger charge is -2.29. The lowest BCUT2D eigenvalue weighted by molar-refractivity contribution is -0.131. The summed E-state index contributed by atoms with van der Waals surface area (Å²) in [4.78, 5) is 53.9. The molecule has 2 atom stereocenters. The van der Waals surface area contributed by atoms with Crippen LogP contribution >= 0.6 is 0 Å². The fourth-order valence-electron chi connectivity index (χ4n) is 4.22. The van der Waals surface area contributed by atoms with Crippen LogP contribution in [0.1, 0.15) is 51.8 Å². The number of carbonyl (C=O) groups excluding carboxylic acids is 4. The van der Waals surface area contributed by atoms with Crippen LogP contribution in [-0.2, 0) is 30.5 Å². The first-order chi connectivity index (χ1) is 21.6. The Balaban J connectivity index is 1.80. The Morgan fingerprint density at radius 3 is 2.20 bits per heavy atom. The summed E-state index contributed by atoms with van der Waals surface area (Å²) >= 11 is 0. The molecule has 0 aliphatic rings. The Bertz CT molecular complexity index is 1480. The van der Waals surface area contributed by atoms with Gasteiger partial charge in [0.1, 0.15) is 22.9 Å². The number of methoxy groups -OCH3 is 1. The third-order valence-corrected chi connectivity index (χ3v) is 6.64. The summed E-state index contributed by atoms with van der Waals surface area (Å²) in [5.74, 6) is -0.812. The summed E-state index contributed by atoms with van der Waals surface area (Å²) in [6, 6.07) is 14.5. The number of carbonyl (C=O) groups is 4. The Kier molecular flexibility index (Phi) is 11.9. The van der Waals surface area contributed by atoms with Crippen LogP contribution in [-0.4, -0.2) is 83.5 Å². The number of ether oxygens (including phenoxy) is 3. The van der Waals surface area contributed by atoms with Crippen LogP contribution in [0.5, 0.6) is 5.75 Å². The summed E-state index contributed by atoms with van der Waals surface area (Å²) < 4.78 is 17.8. The van der Waals surface area contributed by atoms with Crippen LogP contribution in [0.15, 0.2) is 67.0 Å². The molecule has 0 bridgehead atoms. The first-order valence-electron chi connectivity index (χ1n) is 14.7. The molecule has 0 aliphatic carbocycles. The summed E-state index contributed by atoms with van der Waals surface area (Å²) in [5, 5.41) is 12.3. The van der Waals surface area contributed by atoms with Gasteiger partial charge in [-0.05, 0) is 57.9 Å². The number of aromatic nitrogens is 2. The number of hydrogen-bond acceptors (Lipinski definition) is 8. The van der Waals surface area contributed by atoms with E-state index in [0.717, 1.165) is 5.56 Å². The Morgan fingerprint density at radius 1 is 0.957 bits per heavy atom. The van der Waals surface area contributed by atoms with E-state index in [9.17, 15) is 19.2 Å². The minimum absolute atomic E-state index is 0.170. The van der Waals surface area contributed by atoms with Gasteiger partial charge in [0.2, 0.25) is 11.8 Å². The molecule has 13 nitrogen and oxygen atoms in total. The zero-order valence-electron chi connectivity index (χ0n) is 27.6. The van der Waals surface area contributed by atoms with Crippen molar-refractivity contribution in [2.45, 2.75) is 64.4 Å². The van der Waals surface area contributed by atoms with Gasteiger partial charge in [-0.3, -0.25) is 19.1 Å². The van der Waals surface area contributed by atoms with Crippen molar-refractivity contribution in [2.75, 3.05) is 33.1 Å². The third kappa shape index (κ3) is 10.3. The van der Waals surface area contributed by atoms with Crippen LogP contribution < -0.4 is 20.7 Å². The zero-order valence-corrected chi connectivity index (χ0v) is 27.6. The first-order valence-corrected chi connectivity index (χ1v) is 14.7. The van der Waals surface area contributed by atoms with Crippen LogP contribution in [0.25, 0.3) is 0 Å². The van der Waals surface area contributed by atoms with E-state index in [1.807, 2.05) is 30.3 Å². The van der Waals surface area contributed by atoms with Crippen molar-refractivity contribution < 1.29 is 33.4 Å². The average molecular weight is 637 g/mol. The molecule has 46 heavy (non-hydrogen) atoms. The smallest absolute Gasteiger partial charge is 0.408 e. The first kappa shape index (κ1) is 35.6. The maximum Gasteiger partial charge on any atom is 0.408 e. The second-order valence-electron chi connectivity index (χ2n) is 12.4. The van der Waals surface area contributed by atoms with Crippen LogP contribution in [0.3, 0.4) is 0 Å². The van der Waals surface area contributed by atoms with Gasteiger partial charge in [0.15, 0.2) is 6.04 Å². The van der Waals surface area contributed by atoms with E-state index in [1.165, 1.54) is 35.8 Å². The van der Waals surface area contributed by atoms with Crippen molar-refractivity contribution in [3.63, 3.8) is 0 Å². The highest BCUT2D eigenvalue weighted by Crippen LogP contribution is 2.24. The molecule has 0 saturated carbocycles. The topological polar surface area (TPSA) is 153 Å². The minimum atomic E-state index is -1.43. The van der Waals surface area contributed by atoms with Gasteiger partial charge < -0.3 is 35.1 Å². The van der Waals surface area contributed by atoms with Gasteiger partial charge in [-0.1, -0.05) is 42.5 Å². The summed E-state index contributed by atoms with van der Waals surface area (Å²) in [7, 11) is 4.85. The summed E-state index contributed by atoms with van der Waals surface area (Å²) in [6.07, 6.45) is 2.17. The number of anilines is 1. The Labute approximate surface area is 269 Å². The monoisotopic (exact) mass is 636 g/mol. The molecule has 248 valence electrons. The van der Waals surface area contributed by atoms with Crippen molar-refractivity contribution in [1.29, 1.82) is 0 Å². The number of likely N-dealkylation sites (N-methyl/N-ethyl adjacent to an activating group) is 1. The molecule has 1 aromatic heterocycles. The van der Waals surface area contributed by atoms with E-state index >= 15 is 0 Å².